The Labute approximate surface area is 222 Å². The molecule has 4 aromatic rings. The number of halogens is 3. The first-order valence-electron chi connectivity index (χ1n) is 11.0. The van der Waals surface area contributed by atoms with Crippen molar-refractivity contribution in [3.05, 3.63) is 95.1 Å². The molecule has 0 aliphatic carbocycles. The van der Waals surface area contributed by atoms with Crippen LogP contribution in [0.2, 0.25) is 0 Å². The number of carbonyl (C=O) groups is 1. The second kappa shape index (κ2) is 11.7. The number of rotatable bonds is 10. The monoisotopic (exact) mass is 562 g/mol. The molecule has 1 unspecified atom stereocenters. The van der Waals surface area contributed by atoms with Crippen LogP contribution in [0.5, 0.6) is 11.5 Å². The number of aromatic carboxylic acids is 1. The van der Waals surface area contributed by atoms with E-state index in [1.165, 1.54) is 56.4 Å². The van der Waals surface area contributed by atoms with Crippen LogP contribution in [0, 0.1) is 17.5 Å². The smallest absolute Gasteiger partial charge is 0.335 e. The van der Waals surface area contributed by atoms with Crippen molar-refractivity contribution in [3.63, 3.8) is 0 Å². The number of hydrogen-bond donors (Lipinski definition) is 1. The second-order valence-corrected chi connectivity index (χ2v) is 10.3. The van der Waals surface area contributed by atoms with Crippen LogP contribution in [0.1, 0.15) is 21.6 Å². The normalized spacial score (nSPS) is 11.8. The Kier molecular flexibility index (Phi) is 8.42. The molecule has 198 valence electrons. The van der Waals surface area contributed by atoms with Crippen LogP contribution >= 0.6 is 11.8 Å². The van der Waals surface area contributed by atoms with Crippen molar-refractivity contribution in [3.8, 4) is 17.2 Å². The molecule has 0 aliphatic rings. The van der Waals surface area contributed by atoms with Gasteiger partial charge in [-0.15, -0.1) is 11.8 Å². The Morgan fingerprint density at radius 3 is 2.26 bits per heavy atom. The fourth-order valence-electron chi connectivity index (χ4n) is 3.62. The number of carboxylic acid groups (broad SMARTS) is 1. The van der Waals surface area contributed by atoms with Gasteiger partial charge in [-0.2, -0.15) is 0 Å². The number of carboxylic acids is 1. The van der Waals surface area contributed by atoms with Crippen LogP contribution in [-0.4, -0.2) is 39.1 Å². The predicted molar refractivity (Wildman–Crippen MR) is 136 cm³/mol. The molecule has 7 nitrogen and oxygen atoms in total. The maximum Gasteiger partial charge on any atom is 0.335 e. The number of aromatic nitrogens is 2. The van der Waals surface area contributed by atoms with Crippen LogP contribution in [0.3, 0.4) is 0 Å². The van der Waals surface area contributed by atoms with Crippen LogP contribution in [0.15, 0.2) is 70.8 Å². The highest BCUT2D eigenvalue weighted by atomic mass is 32.2. The minimum absolute atomic E-state index is 0.000584. The Morgan fingerprint density at radius 1 is 1.00 bits per heavy atom. The summed E-state index contributed by atoms with van der Waals surface area (Å²) in [7, 11) is 1.02. The molecule has 1 heterocycles. The summed E-state index contributed by atoms with van der Waals surface area (Å²) in [6.07, 6.45) is 1.49. The van der Waals surface area contributed by atoms with Gasteiger partial charge in [0.15, 0.2) is 11.5 Å². The van der Waals surface area contributed by atoms with E-state index in [4.69, 9.17) is 14.6 Å². The summed E-state index contributed by atoms with van der Waals surface area (Å²) in [6, 6.07) is 12.2. The molecule has 0 fully saturated rings. The Balaban J connectivity index is 1.67. The van der Waals surface area contributed by atoms with Gasteiger partial charge in [0.2, 0.25) is 5.16 Å². The summed E-state index contributed by atoms with van der Waals surface area (Å²) in [5.74, 6) is -3.32. The lowest BCUT2D eigenvalue weighted by Crippen LogP contribution is -2.11. The van der Waals surface area contributed by atoms with Gasteiger partial charge in [-0.3, -0.25) is 8.78 Å². The SMILES string of the molecule is COc1ccc(SCc2cnc(S(=O)Cc3c(F)cc(C(=O)O)cc3F)n2-c2ccc(F)cc2)cc1OC. The molecule has 12 heteroatoms. The highest BCUT2D eigenvalue weighted by Crippen LogP contribution is 2.34. The maximum atomic E-state index is 14.5. The van der Waals surface area contributed by atoms with Crippen molar-refractivity contribution in [2.45, 2.75) is 21.6 Å². The minimum atomic E-state index is -2.04. The molecule has 0 spiro atoms. The van der Waals surface area contributed by atoms with E-state index in [1.54, 1.807) is 16.7 Å². The van der Waals surface area contributed by atoms with Gasteiger partial charge in [0, 0.05) is 21.9 Å². The van der Waals surface area contributed by atoms with Gasteiger partial charge in [-0.25, -0.2) is 22.9 Å². The number of ether oxygens (including phenoxy) is 2. The first-order chi connectivity index (χ1) is 18.2. The highest BCUT2D eigenvalue weighted by Gasteiger charge is 2.22. The van der Waals surface area contributed by atoms with Crippen molar-refractivity contribution in [1.82, 2.24) is 9.55 Å². The van der Waals surface area contributed by atoms with Gasteiger partial charge >= 0.3 is 5.97 Å². The molecule has 3 aromatic carbocycles. The third-order valence-electron chi connectivity index (χ3n) is 5.50. The van der Waals surface area contributed by atoms with Gasteiger partial charge in [0.1, 0.15) is 17.5 Å². The quantitative estimate of drug-likeness (QED) is 0.252. The first-order valence-corrected chi connectivity index (χ1v) is 13.3. The van der Waals surface area contributed by atoms with Crippen LogP contribution in [-0.2, 0) is 22.3 Å². The van der Waals surface area contributed by atoms with Gasteiger partial charge in [0.25, 0.3) is 0 Å². The van der Waals surface area contributed by atoms with E-state index in [0.717, 1.165) is 4.90 Å². The first kappa shape index (κ1) is 27.3. The zero-order valence-corrected chi connectivity index (χ0v) is 21.7. The molecular weight excluding hydrogens is 541 g/mol. The zero-order valence-electron chi connectivity index (χ0n) is 20.1. The van der Waals surface area contributed by atoms with Crippen molar-refractivity contribution in [2.24, 2.45) is 0 Å². The highest BCUT2D eigenvalue weighted by molar-refractivity contribution is 7.98. The number of thioether (sulfide) groups is 1. The number of imidazole rings is 1. The van der Waals surface area contributed by atoms with E-state index in [9.17, 15) is 22.2 Å². The van der Waals surface area contributed by atoms with Crippen LogP contribution in [0.25, 0.3) is 5.69 Å². The number of hydrogen-bond acceptors (Lipinski definition) is 6. The van der Waals surface area contributed by atoms with Gasteiger partial charge < -0.3 is 14.6 Å². The van der Waals surface area contributed by atoms with E-state index in [1.807, 2.05) is 6.07 Å². The summed E-state index contributed by atoms with van der Waals surface area (Å²) >= 11 is 1.43. The van der Waals surface area contributed by atoms with Gasteiger partial charge in [0.05, 0.1) is 48.2 Å². The molecule has 1 aromatic heterocycles. The largest absolute Gasteiger partial charge is 0.493 e. The maximum absolute atomic E-state index is 14.5. The molecule has 0 saturated heterocycles. The molecule has 38 heavy (non-hydrogen) atoms. The summed E-state index contributed by atoms with van der Waals surface area (Å²) in [4.78, 5) is 16.2. The average molecular weight is 563 g/mol. The topological polar surface area (TPSA) is 90.6 Å². The molecule has 0 bridgehead atoms. The minimum Gasteiger partial charge on any atom is -0.493 e. The Hall–Kier alpha value is -3.77. The number of nitrogens with zero attached hydrogens (tertiary/aromatic N) is 2. The molecule has 0 saturated carbocycles. The molecule has 0 aliphatic heterocycles. The molecule has 1 N–H and O–H groups in total. The summed E-state index contributed by atoms with van der Waals surface area (Å²) in [6.45, 7) is 0. The predicted octanol–water partition coefficient (Wildman–Crippen LogP) is 5.61. The summed E-state index contributed by atoms with van der Waals surface area (Å²) < 4.78 is 68.1. The van der Waals surface area contributed by atoms with Crippen LogP contribution < -0.4 is 9.47 Å². The molecule has 0 radical (unpaired) electrons. The van der Waals surface area contributed by atoms with Gasteiger partial charge in [-0.05, 0) is 54.6 Å². The Bertz CT molecular complexity index is 1490. The van der Waals surface area contributed by atoms with Gasteiger partial charge in [-0.1, -0.05) is 0 Å². The third kappa shape index (κ3) is 5.86. The van der Waals surface area contributed by atoms with E-state index in [-0.39, 0.29) is 5.16 Å². The van der Waals surface area contributed by atoms with E-state index in [2.05, 4.69) is 4.98 Å². The molecule has 0 amide bonds. The summed E-state index contributed by atoms with van der Waals surface area (Å²) in [5, 5.41) is 9.01. The summed E-state index contributed by atoms with van der Waals surface area (Å²) in [5.41, 5.74) is -0.0284. The standard InChI is InChI=1S/C26H21F3N2O5S2/c1-35-23-8-7-19(11-24(23)36-2)37-13-18-12-30-26(31(18)17-5-3-16(27)4-6-17)38(34)14-20-21(28)9-15(25(32)33)10-22(20)29/h3-12H,13-14H2,1-2H3,(H,32,33). The molecule has 1 atom stereocenters. The third-order valence-corrected chi connectivity index (χ3v) is 7.77. The fraction of sp³-hybridized carbons (Fsp3) is 0.154. The van der Waals surface area contributed by atoms with E-state index < -0.39 is 51.1 Å². The zero-order chi connectivity index (χ0) is 27.4. The lowest BCUT2D eigenvalue weighted by molar-refractivity contribution is 0.0695. The van der Waals surface area contributed by atoms with Crippen LogP contribution in [0.4, 0.5) is 13.2 Å². The molecule has 4 rings (SSSR count). The lowest BCUT2D eigenvalue weighted by atomic mass is 10.1. The fourth-order valence-corrected chi connectivity index (χ4v) is 5.76. The van der Waals surface area contributed by atoms with E-state index >= 15 is 0 Å². The Morgan fingerprint density at radius 2 is 1.66 bits per heavy atom. The van der Waals surface area contributed by atoms with E-state index in [0.29, 0.717) is 40.8 Å². The van der Waals surface area contributed by atoms with Crippen molar-refractivity contribution in [1.29, 1.82) is 0 Å². The molecular formula is C26H21F3N2O5S2. The number of methoxy groups -OCH3 is 2. The average Bonchev–Trinajstić information content (AvgIpc) is 3.33. The second-order valence-electron chi connectivity index (χ2n) is 7.86. The van der Waals surface area contributed by atoms with Crippen molar-refractivity contribution in [2.75, 3.05) is 14.2 Å². The van der Waals surface area contributed by atoms with Crippen molar-refractivity contribution < 1.29 is 36.8 Å². The number of benzene rings is 3. The van der Waals surface area contributed by atoms with Crippen molar-refractivity contribution >= 4 is 28.5 Å². The lowest BCUT2D eigenvalue weighted by Gasteiger charge is -2.13.